The molecule has 0 saturated heterocycles. The topological polar surface area (TPSA) is 86.6 Å². The van der Waals surface area contributed by atoms with E-state index in [0.717, 1.165) is 12.8 Å². The second kappa shape index (κ2) is 11.0. The van der Waals surface area contributed by atoms with Crippen molar-refractivity contribution < 1.29 is 19.8 Å². The minimum absolute atomic E-state index is 0.111. The summed E-state index contributed by atoms with van der Waals surface area (Å²) in [6, 6.07) is -0.739. The zero-order valence-corrected chi connectivity index (χ0v) is 11.2. The van der Waals surface area contributed by atoms with Crippen LogP contribution in [-0.2, 0) is 9.59 Å². The second-order valence-electron chi connectivity index (χ2n) is 4.55. The number of unbranched alkanes of at least 4 members (excludes halogenated alkanes) is 5. The largest absolute Gasteiger partial charge is 0.481 e. The van der Waals surface area contributed by atoms with E-state index in [2.05, 4.69) is 12.2 Å². The van der Waals surface area contributed by atoms with E-state index in [-0.39, 0.29) is 12.8 Å². The molecular formula is C13H25NO4. The maximum absolute atomic E-state index is 10.9. The normalized spacial score (nSPS) is 12.3. The van der Waals surface area contributed by atoms with Crippen LogP contribution in [-0.4, -0.2) is 34.7 Å². The van der Waals surface area contributed by atoms with E-state index in [1.807, 2.05) is 0 Å². The third-order valence-corrected chi connectivity index (χ3v) is 2.87. The molecule has 0 aliphatic rings. The Hall–Kier alpha value is -1.10. The molecule has 0 aliphatic heterocycles. The Kier molecular flexibility index (Phi) is 10.3. The van der Waals surface area contributed by atoms with E-state index >= 15 is 0 Å². The second-order valence-corrected chi connectivity index (χ2v) is 4.55. The van der Waals surface area contributed by atoms with Crippen LogP contribution in [0.25, 0.3) is 0 Å². The lowest BCUT2D eigenvalue weighted by molar-refractivity contribution is -0.140. The molecule has 0 rings (SSSR count). The number of hydrogen-bond acceptors (Lipinski definition) is 3. The Labute approximate surface area is 109 Å². The van der Waals surface area contributed by atoms with Gasteiger partial charge in [0.05, 0.1) is 0 Å². The molecule has 0 aromatic heterocycles. The van der Waals surface area contributed by atoms with E-state index in [9.17, 15) is 9.59 Å². The summed E-state index contributed by atoms with van der Waals surface area (Å²) in [5.74, 6) is -1.93. The van der Waals surface area contributed by atoms with Crippen molar-refractivity contribution in [2.75, 3.05) is 6.54 Å². The van der Waals surface area contributed by atoms with Gasteiger partial charge >= 0.3 is 11.9 Å². The minimum atomic E-state index is -0.970. The summed E-state index contributed by atoms with van der Waals surface area (Å²) in [5.41, 5.74) is 0. The van der Waals surface area contributed by atoms with Crippen molar-refractivity contribution >= 4 is 11.9 Å². The van der Waals surface area contributed by atoms with Crippen LogP contribution in [0, 0.1) is 0 Å². The molecule has 5 heteroatoms. The van der Waals surface area contributed by atoms with Crippen molar-refractivity contribution in [2.24, 2.45) is 0 Å². The number of hydrogen-bond donors (Lipinski definition) is 3. The number of carboxylic acid groups (broad SMARTS) is 2. The Bertz CT molecular complexity index is 243. The highest BCUT2D eigenvalue weighted by Crippen LogP contribution is 2.05. The molecule has 0 heterocycles. The van der Waals surface area contributed by atoms with Crippen molar-refractivity contribution in [3.63, 3.8) is 0 Å². The van der Waals surface area contributed by atoms with Gasteiger partial charge in [0, 0.05) is 6.42 Å². The first-order chi connectivity index (χ1) is 8.57. The molecule has 0 aromatic rings. The summed E-state index contributed by atoms with van der Waals surface area (Å²) in [5, 5.41) is 20.3. The highest BCUT2D eigenvalue weighted by atomic mass is 16.4. The predicted octanol–water partition coefficient (Wildman–Crippen LogP) is 2.25. The summed E-state index contributed by atoms with van der Waals surface area (Å²) in [6.45, 7) is 2.81. The Balaban J connectivity index is 3.58. The van der Waals surface area contributed by atoms with E-state index in [1.165, 1.54) is 25.7 Å². The number of carboxylic acids is 2. The molecule has 0 bridgehead atoms. The van der Waals surface area contributed by atoms with Gasteiger partial charge in [-0.25, -0.2) is 0 Å². The van der Waals surface area contributed by atoms with Crippen LogP contribution >= 0.6 is 0 Å². The summed E-state index contributed by atoms with van der Waals surface area (Å²) in [6.07, 6.45) is 6.96. The molecule has 106 valence electrons. The van der Waals surface area contributed by atoms with Crippen LogP contribution < -0.4 is 5.32 Å². The van der Waals surface area contributed by atoms with Crippen LogP contribution in [0.3, 0.4) is 0 Å². The van der Waals surface area contributed by atoms with Crippen molar-refractivity contribution in [1.29, 1.82) is 0 Å². The van der Waals surface area contributed by atoms with Gasteiger partial charge in [-0.1, -0.05) is 39.0 Å². The quantitative estimate of drug-likeness (QED) is 0.468. The highest BCUT2D eigenvalue weighted by Gasteiger charge is 2.17. The van der Waals surface area contributed by atoms with Crippen LogP contribution in [0.4, 0.5) is 0 Å². The van der Waals surface area contributed by atoms with E-state index in [0.29, 0.717) is 6.54 Å². The smallest absolute Gasteiger partial charge is 0.320 e. The van der Waals surface area contributed by atoms with Gasteiger partial charge in [-0.3, -0.25) is 9.59 Å². The molecule has 0 unspecified atom stereocenters. The molecule has 1 atom stereocenters. The number of nitrogens with one attached hydrogen (secondary N) is 1. The molecule has 3 N–H and O–H groups in total. The maximum atomic E-state index is 10.9. The highest BCUT2D eigenvalue weighted by molar-refractivity contribution is 5.75. The summed E-state index contributed by atoms with van der Waals surface area (Å²) in [7, 11) is 0. The van der Waals surface area contributed by atoms with Crippen LogP contribution in [0.15, 0.2) is 0 Å². The van der Waals surface area contributed by atoms with Gasteiger partial charge in [-0.05, 0) is 19.4 Å². The fourth-order valence-corrected chi connectivity index (χ4v) is 1.76. The molecular weight excluding hydrogens is 234 g/mol. The summed E-state index contributed by atoms with van der Waals surface area (Å²) < 4.78 is 0. The van der Waals surface area contributed by atoms with Crippen molar-refractivity contribution in [2.45, 2.75) is 64.3 Å². The van der Waals surface area contributed by atoms with Gasteiger partial charge in [0.15, 0.2) is 0 Å². The van der Waals surface area contributed by atoms with Crippen molar-refractivity contribution in [3.8, 4) is 0 Å². The fourth-order valence-electron chi connectivity index (χ4n) is 1.76. The van der Waals surface area contributed by atoms with Crippen LogP contribution in [0.1, 0.15) is 58.3 Å². The Morgan fingerprint density at radius 3 is 2.22 bits per heavy atom. The lowest BCUT2D eigenvalue weighted by atomic mass is 10.1. The van der Waals surface area contributed by atoms with Gasteiger partial charge in [-0.15, -0.1) is 0 Å². The molecule has 0 aromatic carbocycles. The van der Waals surface area contributed by atoms with Gasteiger partial charge in [-0.2, -0.15) is 0 Å². The predicted molar refractivity (Wildman–Crippen MR) is 69.7 cm³/mol. The molecule has 0 fully saturated rings. The third-order valence-electron chi connectivity index (χ3n) is 2.87. The van der Waals surface area contributed by atoms with E-state index in [1.54, 1.807) is 0 Å². The van der Waals surface area contributed by atoms with Crippen molar-refractivity contribution in [1.82, 2.24) is 5.32 Å². The SMILES string of the molecule is CCCCCCCCN[C@@H](CCC(=O)O)C(=O)O. The first-order valence-corrected chi connectivity index (χ1v) is 6.76. The molecule has 0 amide bonds. The fraction of sp³-hybridized carbons (Fsp3) is 0.846. The first-order valence-electron chi connectivity index (χ1n) is 6.76. The Morgan fingerprint density at radius 2 is 1.67 bits per heavy atom. The average Bonchev–Trinajstić information content (AvgIpc) is 2.31. The summed E-state index contributed by atoms with van der Waals surface area (Å²) >= 11 is 0. The lowest BCUT2D eigenvalue weighted by Crippen LogP contribution is -2.37. The molecule has 0 aliphatic carbocycles. The van der Waals surface area contributed by atoms with Crippen molar-refractivity contribution in [3.05, 3.63) is 0 Å². The number of carbonyl (C=O) groups is 2. The Morgan fingerprint density at radius 1 is 1.06 bits per heavy atom. The van der Waals surface area contributed by atoms with Crippen LogP contribution in [0.5, 0.6) is 0 Å². The third kappa shape index (κ3) is 10.1. The molecule has 0 saturated carbocycles. The zero-order valence-electron chi connectivity index (χ0n) is 11.2. The molecule has 0 spiro atoms. The minimum Gasteiger partial charge on any atom is -0.481 e. The molecule has 5 nitrogen and oxygen atoms in total. The standard InChI is InChI=1S/C13H25NO4/c1-2-3-4-5-6-7-10-14-11(13(17)18)8-9-12(15)16/h11,14H,2-10H2,1H3,(H,15,16)(H,17,18)/t11-/m0/s1. The average molecular weight is 259 g/mol. The maximum Gasteiger partial charge on any atom is 0.320 e. The number of rotatable bonds is 12. The zero-order chi connectivity index (χ0) is 13.8. The van der Waals surface area contributed by atoms with E-state index < -0.39 is 18.0 Å². The van der Waals surface area contributed by atoms with Gasteiger partial charge in [0.2, 0.25) is 0 Å². The molecule has 0 radical (unpaired) electrons. The van der Waals surface area contributed by atoms with Gasteiger partial charge in [0.25, 0.3) is 0 Å². The summed E-state index contributed by atoms with van der Waals surface area (Å²) in [4.78, 5) is 21.2. The van der Waals surface area contributed by atoms with Gasteiger partial charge < -0.3 is 15.5 Å². The van der Waals surface area contributed by atoms with Crippen LogP contribution in [0.2, 0.25) is 0 Å². The van der Waals surface area contributed by atoms with E-state index in [4.69, 9.17) is 10.2 Å². The molecule has 18 heavy (non-hydrogen) atoms. The van der Waals surface area contributed by atoms with Gasteiger partial charge in [0.1, 0.15) is 6.04 Å². The first kappa shape index (κ1) is 16.9. The number of aliphatic carboxylic acids is 2. The lowest BCUT2D eigenvalue weighted by Gasteiger charge is -2.13. The monoisotopic (exact) mass is 259 g/mol.